The van der Waals surface area contributed by atoms with E-state index in [4.69, 9.17) is 4.74 Å². The van der Waals surface area contributed by atoms with E-state index in [1.807, 2.05) is 0 Å². The zero-order valence-electron chi connectivity index (χ0n) is 8.15. The Kier molecular flexibility index (Phi) is 4.39. The van der Waals surface area contributed by atoms with E-state index in [0.717, 1.165) is 0 Å². The Balaban J connectivity index is 2.41. The summed E-state index contributed by atoms with van der Waals surface area (Å²) in [5.41, 5.74) is 0. The van der Waals surface area contributed by atoms with E-state index >= 15 is 0 Å². The Hall–Kier alpha value is -1.10. The minimum atomic E-state index is -0.397. The fourth-order valence-electron chi connectivity index (χ4n) is 1.09. The molecule has 1 rings (SSSR count). The van der Waals surface area contributed by atoms with Gasteiger partial charge in [-0.05, 0) is 19.8 Å². The number of hydrogen-bond acceptors (Lipinski definition) is 5. The van der Waals surface area contributed by atoms with Crippen LogP contribution < -0.4 is 0 Å². The molecule has 0 spiro atoms. The second kappa shape index (κ2) is 5.59. The van der Waals surface area contributed by atoms with Crippen LogP contribution in [0.2, 0.25) is 0 Å². The monoisotopic (exact) mass is 202 g/mol. The van der Waals surface area contributed by atoms with Crippen molar-refractivity contribution in [3.05, 3.63) is 0 Å². The lowest BCUT2D eigenvalue weighted by molar-refractivity contribution is -0.281. The molecule has 5 heteroatoms. The predicted molar refractivity (Wildman–Crippen MR) is 46.1 cm³/mol. The van der Waals surface area contributed by atoms with Gasteiger partial charge in [-0.1, -0.05) is 0 Å². The summed E-state index contributed by atoms with van der Waals surface area (Å²) < 4.78 is 4.96. The van der Waals surface area contributed by atoms with Gasteiger partial charge in [-0.25, -0.2) is 4.79 Å². The minimum Gasteiger partial charge on any atom is -0.460 e. The second-order valence-electron chi connectivity index (χ2n) is 3.25. The van der Waals surface area contributed by atoms with Gasteiger partial charge in [-0.3, -0.25) is 9.68 Å². The smallest absolute Gasteiger partial charge is 0.342 e. The molecule has 1 saturated heterocycles. The first kappa shape index (κ1) is 11.0. The first-order valence-corrected chi connectivity index (χ1v) is 4.70. The number of carbonyl (C=O) groups is 2. The van der Waals surface area contributed by atoms with Crippen molar-refractivity contribution < 1.29 is 24.1 Å². The molecular weight excluding hydrogens is 188 g/mol. The third kappa shape index (κ3) is 4.23. The third-order valence-electron chi connectivity index (χ3n) is 1.80. The van der Waals surface area contributed by atoms with Crippen molar-refractivity contribution in [2.45, 2.75) is 38.7 Å². The van der Waals surface area contributed by atoms with Gasteiger partial charge >= 0.3 is 11.9 Å². The van der Waals surface area contributed by atoms with Crippen molar-refractivity contribution in [1.82, 2.24) is 0 Å². The topological polar surface area (TPSA) is 61.8 Å². The zero-order chi connectivity index (χ0) is 10.4. The molecule has 0 aliphatic carbocycles. The fraction of sp³-hybridized carbons (Fsp3) is 0.778. The molecule has 1 aliphatic rings. The van der Waals surface area contributed by atoms with Crippen LogP contribution in [0.5, 0.6) is 0 Å². The van der Waals surface area contributed by atoms with E-state index in [1.165, 1.54) is 0 Å². The fourth-order valence-corrected chi connectivity index (χ4v) is 1.09. The number of esters is 1. The minimum absolute atomic E-state index is 0.0808. The van der Waals surface area contributed by atoms with Crippen molar-refractivity contribution >= 4 is 11.9 Å². The Bertz CT molecular complexity index is 213. The number of ether oxygens (including phenoxy) is 1. The van der Waals surface area contributed by atoms with Crippen molar-refractivity contribution in [2.75, 3.05) is 6.61 Å². The standard InChI is InChI=1S/C9H14O5/c1-7-6-12-14-9(11)5-3-2-4-8(10)13-7/h7H,2-6H2,1H3. The van der Waals surface area contributed by atoms with Gasteiger partial charge in [0.05, 0.1) is 0 Å². The van der Waals surface area contributed by atoms with Crippen LogP contribution in [0.15, 0.2) is 0 Å². The van der Waals surface area contributed by atoms with E-state index in [9.17, 15) is 9.59 Å². The molecule has 0 N–H and O–H groups in total. The summed E-state index contributed by atoms with van der Waals surface area (Å²) in [6, 6.07) is 0. The normalized spacial score (nSPS) is 25.9. The van der Waals surface area contributed by atoms with E-state index in [0.29, 0.717) is 19.3 Å². The Morgan fingerprint density at radius 3 is 2.50 bits per heavy atom. The summed E-state index contributed by atoms with van der Waals surface area (Å²) in [4.78, 5) is 31.1. The summed E-state index contributed by atoms with van der Waals surface area (Å²) in [6.45, 7) is 1.76. The van der Waals surface area contributed by atoms with Crippen molar-refractivity contribution in [3.63, 3.8) is 0 Å². The highest BCUT2D eigenvalue weighted by molar-refractivity contribution is 5.70. The predicted octanol–water partition coefficient (Wildman–Crippen LogP) is 0.967. The van der Waals surface area contributed by atoms with Crippen LogP contribution in [0.4, 0.5) is 0 Å². The molecule has 0 aromatic heterocycles. The number of carbonyl (C=O) groups excluding carboxylic acids is 2. The van der Waals surface area contributed by atoms with Gasteiger partial charge in [0.1, 0.15) is 12.7 Å². The lowest BCUT2D eigenvalue weighted by Gasteiger charge is -2.11. The second-order valence-corrected chi connectivity index (χ2v) is 3.25. The van der Waals surface area contributed by atoms with Crippen LogP contribution in [-0.4, -0.2) is 24.6 Å². The summed E-state index contributed by atoms with van der Waals surface area (Å²) in [7, 11) is 0. The molecule has 80 valence electrons. The Labute approximate surface area is 82.2 Å². The molecule has 0 aromatic rings. The maximum absolute atomic E-state index is 11.1. The number of rotatable bonds is 0. The van der Waals surface area contributed by atoms with Crippen LogP contribution in [0.3, 0.4) is 0 Å². The van der Waals surface area contributed by atoms with Crippen LogP contribution in [-0.2, 0) is 24.1 Å². The zero-order valence-corrected chi connectivity index (χ0v) is 8.15. The summed E-state index contributed by atoms with van der Waals surface area (Å²) in [5.74, 6) is -0.651. The lowest BCUT2D eigenvalue weighted by Crippen LogP contribution is -2.20. The number of hydrogen-bond donors (Lipinski definition) is 0. The van der Waals surface area contributed by atoms with E-state index in [2.05, 4.69) is 9.78 Å². The van der Waals surface area contributed by atoms with Crippen LogP contribution in [0.1, 0.15) is 32.6 Å². The Morgan fingerprint density at radius 1 is 1.14 bits per heavy atom. The SMILES string of the molecule is CC1COOC(=O)CCCCC(=O)O1. The van der Waals surface area contributed by atoms with Gasteiger partial charge in [0.2, 0.25) is 0 Å². The van der Waals surface area contributed by atoms with Crippen molar-refractivity contribution in [1.29, 1.82) is 0 Å². The maximum Gasteiger partial charge on any atom is 0.342 e. The van der Waals surface area contributed by atoms with Crippen LogP contribution in [0.25, 0.3) is 0 Å². The average molecular weight is 202 g/mol. The molecule has 0 bridgehead atoms. The summed E-state index contributed by atoms with van der Waals surface area (Å²) >= 11 is 0. The summed E-state index contributed by atoms with van der Waals surface area (Å²) in [6.07, 6.45) is 1.50. The van der Waals surface area contributed by atoms with Gasteiger partial charge in [-0.15, -0.1) is 0 Å². The molecule has 1 heterocycles. The van der Waals surface area contributed by atoms with Crippen molar-refractivity contribution in [2.24, 2.45) is 0 Å². The highest BCUT2D eigenvalue weighted by Gasteiger charge is 2.13. The van der Waals surface area contributed by atoms with Gasteiger partial charge in [0.25, 0.3) is 0 Å². The summed E-state index contributed by atoms with van der Waals surface area (Å²) in [5, 5.41) is 0. The van der Waals surface area contributed by atoms with E-state index in [1.54, 1.807) is 6.92 Å². The van der Waals surface area contributed by atoms with Crippen LogP contribution in [0, 0.1) is 0 Å². The van der Waals surface area contributed by atoms with Gasteiger partial charge in [0.15, 0.2) is 0 Å². The van der Waals surface area contributed by atoms with E-state index in [-0.39, 0.29) is 25.1 Å². The molecular formula is C9H14O5. The molecule has 1 aliphatic heterocycles. The van der Waals surface area contributed by atoms with Gasteiger partial charge in [0, 0.05) is 12.8 Å². The van der Waals surface area contributed by atoms with Gasteiger partial charge in [-0.2, -0.15) is 4.89 Å². The van der Waals surface area contributed by atoms with E-state index < -0.39 is 5.97 Å². The molecule has 0 aromatic carbocycles. The van der Waals surface area contributed by atoms with Crippen LogP contribution >= 0.6 is 0 Å². The first-order chi connectivity index (χ1) is 6.68. The first-order valence-electron chi connectivity index (χ1n) is 4.70. The quantitative estimate of drug-likeness (QED) is 0.432. The molecule has 0 amide bonds. The molecule has 1 fully saturated rings. The molecule has 1 unspecified atom stereocenters. The average Bonchev–Trinajstić information content (AvgIpc) is 2.13. The lowest BCUT2D eigenvalue weighted by atomic mass is 10.2. The molecule has 0 radical (unpaired) electrons. The highest BCUT2D eigenvalue weighted by Crippen LogP contribution is 2.06. The van der Waals surface area contributed by atoms with Gasteiger partial charge < -0.3 is 4.74 Å². The largest absolute Gasteiger partial charge is 0.460 e. The molecule has 0 saturated carbocycles. The molecule has 5 nitrogen and oxygen atoms in total. The van der Waals surface area contributed by atoms with Crippen molar-refractivity contribution in [3.8, 4) is 0 Å². The third-order valence-corrected chi connectivity index (χ3v) is 1.80. The Morgan fingerprint density at radius 2 is 1.79 bits per heavy atom. The molecule has 1 atom stereocenters. The highest BCUT2D eigenvalue weighted by atomic mass is 17.2. The maximum atomic E-state index is 11.1. The number of cyclic esters (lactones) is 1. The molecule has 14 heavy (non-hydrogen) atoms.